The lowest BCUT2D eigenvalue weighted by Gasteiger charge is -2.27. The van der Waals surface area contributed by atoms with Gasteiger partial charge in [-0.15, -0.1) is 0 Å². The fraction of sp³-hybridized carbons (Fsp3) is 0.295. The molecule has 1 saturated carbocycles. The first-order valence-corrected chi connectivity index (χ1v) is 19.3. The Morgan fingerprint density at radius 2 is 1.63 bits per heavy atom. The van der Waals surface area contributed by atoms with Crippen LogP contribution in [0, 0.1) is 0 Å². The van der Waals surface area contributed by atoms with E-state index in [9.17, 15) is 24.3 Å². The highest BCUT2D eigenvalue weighted by atomic mass is 16.5. The smallest absolute Gasteiger partial charge is 0.262 e. The van der Waals surface area contributed by atoms with E-state index in [1.165, 1.54) is 46.6 Å². The minimum absolute atomic E-state index is 0.0843. The summed E-state index contributed by atoms with van der Waals surface area (Å²) in [5.41, 5.74) is 6.02. The van der Waals surface area contributed by atoms with Crippen LogP contribution in [0.3, 0.4) is 0 Å². The van der Waals surface area contributed by atoms with Gasteiger partial charge in [0.2, 0.25) is 17.7 Å². The molecule has 6 heterocycles. The van der Waals surface area contributed by atoms with E-state index in [-0.39, 0.29) is 29.7 Å². The molecule has 13 heteroatoms. The van der Waals surface area contributed by atoms with Crippen LogP contribution < -0.4 is 14.8 Å². The van der Waals surface area contributed by atoms with Crippen molar-refractivity contribution >= 4 is 45.4 Å². The van der Waals surface area contributed by atoms with Gasteiger partial charge in [-0.05, 0) is 105 Å². The summed E-state index contributed by atoms with van der Waals surface area (Å²) in [6, 6.07) is 19.8. The van der Waals surface area contributed by atoms with Crippen molar-refractivity contribution in [3.05, 3.63) is 108 Å². The quantitative estimate of drug-likeness (QED) is 0.107. The molecule has 4 amide bonds. The molecule has 290 valence electrons. The molecule has 4 aromatic heterocycles. The second-order valence-electron chi connectivity index (χ2n) is 14.6. The third-order valence-electron chi connectivity index (χ3n) is 10.8. The summed E-state index contributed by atoms with van der Waals surface area (Å²) in [6.07, 6.45) is 14.7. The Morgan fingerprint density at radius 1 is 0.789 bits per heavy atom. The predicted molar refractivity (Wildman–Crippen MR) is 212 cm³/mol. The van der Waals surface area contributed by atoms with E-state index >= 15 is 0 Å². The molecule has 6 aromatic rings. The minimum Gasteiger partial charge on any atom is -0.506 e. The third kappa shape index (κ3) is 7.91. The number of aromatic hydroxyl groups is 1. The number of piperidine rings is 1. The number of nitrogens with zero attached hydrogens (tertiary/aromatic N) is 5. The number of unbranched alkanes of at least 4 members (excludes halogenated alkanes) is 2. The first-order valence-electron chi connectivity index (χ1n) is 19.3. The molecule has 9 rings (SSSR count). The number of nitrogens with one attached hydrogen (secondary N) is 1. The average molecular weight is 767 g/mol. The molecule has 1 saturated heterocycles. The van der Waals surface area contributed by atoms with Crippen molar-refractivity contribution in [2.24, 2.45) is 7.05 Å². The maximum atomic E-state index is 12.8. The number of benzene rings is 2. The van der Waals surface area contributed by atoms with Crippen LogP contribution in [-0.2, 0) is 23.1 Å². The molecule has 0 bridgehead atoms. The Balaban J connectivity index is 0.000000164. The molecular weight excluding hydrogens is 725 g/mol. The molecule has 0 radical (unpaired) electrons. The minimum atomic E-state index is -0.979. The monoisotopic (exact) mass is 766 g/mol. The molecule has 13 nitrogen and oxygen atoms in total. The molecule has 2 fully saturated rings. The van der Waals surface area contributed by atoms with E-state index in [1.54, 1.807) is 18.2 Å². The number of hydrogen-bond acceptors (Lipinski definition) is 10. The van der Waals surface area contributed by atoms with Gasteiger partial charge in [0.1, 0.15) is 23.6 Å². The molecule has 2 N–H and O–H groups in total. The van der Waals surface area contributed by atoms with Crippen LogP contribution >= 0.6 is 0 Å². The number of fused-ring (bicyclic) bond motifs is 4. The van der Waals surface area contributed by atoms with Gasteiger partial charge in [-0.1, -0.05) is 12.1 Å². The summed E-state index contributed by atoms with van der Waals surface area (Å²) in [7, 11) is 2.10. The van der Waals surface area contributed by atoms with Crippen LogP contribution in [0.2, 0.25) is 0 Å². The zero-order chi connectivity index (χ0) is 39.5. The SMILES string of the molecule is Cn1c2ccncc2c2ccc(-c3ccc(OC4CCC4)nc3)cc21.O=C1CCC(N2C(=O)c3ccc(OCCCCCc4ccc(O)cn4)cc3C2=O)C(=O)N1. The van der Waals surface area contributed by atoms with Gasteiger partial charge in [-0.2, -0.15) is 0 Å². The Bertz CT molecular complexity index is 2480. The average Bonchev–Trinajstić information content (AvgIpc) is 3.63. The Kier molecular flexibility index (Phi) is 10.6. The van der Waals surface area contributed by atoms with E-state index in [4.69, 9.17) is 9.47 Å². The van der Waals surface area contributed by atoms with Gasteiger partial charge >= 0.3 is 0 Å². The highest BCUT2D eigenvalue weighted by molar-refractivity contribution is 6.23. The fourth-order valence-corrected chi connectivity index (χ4v) is 7.39. The van der Waals surface area contributed by atoms with Crippen LogP contribution in [0.25, 0.3) is 32.9 Å². The maximum Gasteiger partial charge on any atom is 0.262 e. The standard InChI is InChI=1S/C23H23N3O6.C21H19N3O/c27-15-6-5-14(24-13-15)4-2-1-3-11-32-16-7-8-17-18(12-16)23(31)26(22(17)30)19-9-10-20(28)25-21(19)29;1-24-19-9-10-22-13-18(19)17-7-5-14(11-20(17)24)15-6-8-21(23-12-15)25-16-3-2-4-16/h5-8,12-13,19,27H,1-4,9-11H2,(H,25,28,29);5-13,16H,2-4H2,1H3. The summed E-state index contributed by atoms with van der Waals surface area (Å²) in [4.78, 5) is 62.8. The van der Waals surface area contributed by atoms with Crippen LogP contribution in [0.15, 0.2) is 91.5 Å². The van der Waals surface area contributed by atoms with E-state index in [0.29, 0.717) is 18.5 Å². The van der Waals surface area contributed by atoms with Crippen LogP contribution in [0.5, 0.6) is 17.4 Å². The number of carbonyl (C=O) groups excluding carboxylic acids is 4. The number of rotatable bonds is 11. The van der Waals surface area contributed by atoms with Gasteiger partial charge in [0.15, 0.2) is 0 Å². The van der Waals surface area contributed by atoms with Gasteiger partial charge in [0, 0.05) is 65.7 Å². The summed E-state index contributed by atoms with van der Waals surface area (Å²) in [5, 5.41) is 13.8. The van der Waals surface area contributed by atoms with Crippen molar-refractivity contribution in [1.82, 2.24) is 29.7 Å². The van der Waals surface area contributed by atoms with Crippen molar-refractivity contribution in [3.63, 3.8) is 0 Å². The first-order chi connectivity index (χ1) is 27.7. The van der Waals surface area contributed by atoms with Gasteiger partial charge in [0.05, 0.1) is 29.4 Å². The number of amides is 4. The number of pyridine rings is 3. The zero-order valence-corrected chi connectivity index (χ0v) is 31.5. The van der Waals surface area contributed by atoms with Crippen LogP contribution in [0.1, 0.15) is 77.8 Å². The number of hydrogen-bond donors (Lipinski definition) is 2. The third-order valence-corrected chi connectivity index (χ3v) is 10.8. The summed E-state index contributed by atoms with van der Waals surface area (Å²) < 4.78 is 13.8. The highest BCUT2D eigenvalue weighted by Gasteiger charge is 2.44. The molecule has 3 aliphatic rings. The summed E-state index contributed by atoms with van der Waals surface area (Å²) >= 11 is 0. The highest BCUT2D eigenvalue weighted by Crippen LogP contribution is 2.33. The summed E-state index contributed by atoms with van der Waals surface area (Å²) in [6.45, 7) is 0.459. The Hall–Kier alpha value is -6.63. The summed E-state index contributed by atoms with van der Waals surface area (Å²) in [5.74, 6) is -0.759. The lowest BCUT2D eigenvalue weighted by atomic mass is 9.96. The lowest BCUT2D eigenvalue weighted by molar-refractivity contribution is -0.136. The zero-order valence-electron chi connectivity index (χ0n) is 31.5. The predicted octanol–water partition coefficient (Wildman–Crippen LogP) is 6.70. The van der Waals surface area contributed by atoms with Gasteiger partial charge in [-0.25, -0.2) is 4.98 Å². The number of carbonyl (C=O) groups is 4. The molecule has 1 atom stereocenters. The molecule has 0 spiro atoms. The van der Waals surface area contributed by atoms with E-state index in [1.807, 2.05) is 24.7 Å². The lowest BCUT2D eigenvalue weighted by Crippen LogP contribution is -2.54. The topological polar surface area (TPSA) is 166 Å². The molecule has 1 aliphatic carbocycles. The van der Waals surface area contributed by atoms with Crippen molar-refractivity contribution < 1.29 is 33.8 Å². The van der Waals surface area contributed by atoms with Crippen LogP contribution in [-0.4, -0.2) is 71.9 Å². The molecule has 2 aliphatic heterocycles. The number of aryl methyl sites for hydroxylation is 2. The molecular formula is C44H42N6O7. The molecule has 1 unspecified atom stereocenters. The van der Waals surface area contributed by atoms with Gasteiger partial charge < -0.3 is 19.1 Å². The van der Waals surface area contributed by atoms with Crippen molar-refractivity contribution in [1.29, 1.82) is 0 Å². The number of imide groups is 2. The number of aromatic nitrogens is 4. The first kappa shape index (κ1) is 37.3. The van der Waals surface area contributed by atoms with E-state index < -0.39 is 29.7 Å². The number of ether oxygens (including phenoxy) is 2. The molecule has 2 aromatic carbocycles. The van der Waals surface area contributed by atoms with Crippen molar-refractivity contribution in [2.75, 3.05) is 6.61 Å². The van der Waals surface area contributed by atoms with Crippen LogP contribution in [0.4, 0.5) is 0 Å². The van der Waals surface area contributed by atoms with Crippen molar-refractivity contribution in [2.45, 2.75) is 69.9 Å². The maximum absolute atomic E-state index is 12.8. The second kappa shape index (κ2) is 16.2. The fourth-order valence-electron chi connectivity index (χ4n) is 7.39. The largest absolute Gasteiger partial charge is 0.506 e. The second-order valence-corrected chi connectivity index (χ2v) is 14.6. The Labute approximate surface area is 328 Å². The van der Waals surface area contributed by atoms with E-state index in [2.05, 4.69) is 62.2 Å². The van der Waals surface area contributed by atoms with Gasteiger partial charge in [0.25, 0.3) is 11.8 Å². The van der Waals surface area contributed by atoms with E-state index in [0.717, 1.165) is 66.1 Å². The Morgan fingerprint density at radius 3 is 2.39 bits per heavy atom. The van der Waals surface area contributed by atoms with Gasteiger partial charge in [-0.3, -0.25) is 39.4 Å². The molecule has 57 heavy (non-hydrogen) atoms. The normalized spacial score (nSPS) is 16.6. The van der Waals surface area contributed by atoms with Crippen molar-refractivity contribution in [3.8, 4) is 28.5 Å².